The van der Waals surface area contributed by atoms with E-state index in [1.54, 1.807) is 23.2 Å². The average Bonchev–Trinajstić information content (AvgIpc) is 3.00. The maximum Gasteiger partial charge on any atom is 0.273 e. The second kappa shape index (κ2) is 3.17. The average molecular weight is 175 g/mol. The lowest BCUT2D eigenvalue weighted by Gasteiger charge is -2.14. The van der Waals surface area contributed by atoms with Crippen molar-refractivity contribution in [1.29, 1.82) is 0 Å². The van der Waals surface area contributed by atoms with Gasteiger partial charge in [0, 0.05) is 25.4 Å². The van der Waals surface area contributed by atoms with Gasteiger partial charge in [-0.3, -0.25) is 9.78 Å². The lowest BCUT2D eigenvalue weighted by atomic mass is 10.3. The molecule has 0 aromatic carbocycles. The minimum absolute atomic E-state index is 0.0249. The SMILES string of the molecule is CN(C(=O)c1[c]cccn1)C1CC1. The Morgan fingerprint density at radius 3 is 3.00 bits per heavy atom. The van der Waals surface area contributed by atoms with Crippen LogP contribution in [0.3, 0.4) is 0 Å². The highest BCUT2D eigenvalue weighted by molar-refractivity contribution is 5.92. The summed E-state index contributed by atoms with van der Waals surface area (Å²) < 4.78 is 0. The molecule has 67 valence electrons. The Kier molecular flexibility index (Phi) is 2.00. The van der Waals surface area contributed by atoms with Crippen LogP contribution < -0.4 is 0 Å². The van der Waals surface area contributed by atoms with Gasteiger partial charge in [0.1, 0.15) is 5.69 Å². The minimum atomic E-state index is -0.0249. The number of carbonyl (C=O) groups is 1. The molecule has 0 bridgehead atoms. The Hall–Kier alpha value is -1.38. The molecule has 1 aromatic rings. The van der Waals surface area contributed by atoms with E-state index in [9.17, 15) is 4.79 Å². The number of aromatic nitrogens is 1. The highest BCUT2D eigenvalue weighted by atomic mass is 16.2. The van der Waals surface area contributed by atoms with E-state index >= 15 is 0 Å². The van der Waals surface area contributed by atoms with Gasteiger partial charge in [-0.25, -0.2) is 0 Å². The topological polar surface area (TPSA) is 33.2 Å². The molecule has 1 aromatic heterocycles. The fourth-order valence-electron chi connectivity index (χ4n) is 1.24. The number of nitrogens with zero attached hydrogens (tertiary/aromatic N) is 2. The highest BCUT2D eigenvalue weighted by Gasteiger charge is 2.30. The normalized spacial score (nSPS) is 15.5. The third-order valence-corrected chi connectivity index (χ3v) is 2.22. The van der Waals surface area contributed by atoms with Crippen molar-refractivity contribution in [3.8, 4) is 0 Å². The first kappa shape index (κ1) is 8.23. The molecular formula is C10H11N2O. The van der Waals surface area contributed by atoms with Gasteiger partial charge in [0.05, 0.1) is 0 Å². The van der Waals surface area contributed by atoms with E-state index in [2.05, 4.69) is 11.1 Å². The molecule has 1 radical (unpaired) electrons. The van der Waals surface area contributed by atoms with Crippen LogP contribution in [0.1, 0.15) is 23.3 Å². The zero-order chi connectivity index (χ0) is 9.26. The van der Waals surface area contributed by atoms with E-state index in [1.165, 1.54) is 0 Å². The van der Waals surface area contributed by atoms with Gasteiger partial charge in [-0.15, -0.1) is 0 Å². The van der Waals surface area contributed by atoms with Crippen molar-refractivity contribution in [2.24, 2.45) is 0 Å². The maximum atomic E-state index is 11.7. The van der Waals surface area contributed by atoms with Crippen LogP contribution in [0, 0.1) is 6.07 Å². The van der Waals surface area contributed by atoms with Crippen LogP contribution in [-0.4, -0.2) is 28.9 Å². The minimum Gasteiger partial charge on any atom is -0.337 e. The van der Waals surface area contributed by atoms with E-state index in [4.69, 9.17) is 0 Å². The molecule has 3 nitrogen and oxygen atoms in total. The largest absolute Gasteiger partial charge is 0.337 e. The number of hydrogen-bond acceptors (Lipinski definition) is 2. The summed E-state index contributed by atoms with van der Waals surface area (Å²) in [6.07, 6.45) is 3.86. The predicted molar refractivity (Wildman–Crippen MR) is 48.2 cm³/mol. The Bertz CT molecular complexity index is 306. The summed E-state index contributed by atoms with van der Waals surface area (Å²) >= 11 is 0. The third kappa shape index (κ3) is 1.69. The maximum absolute atomic E-state index is 11.7. The molecule has 1 aliphatic rings. The van der Waals surface area contributed by atoms with E-state index in [0.29, 0.717) is 11.7 Å². The number of amides is 1. The lowest BCUT2D eigenvalue weighted by Crippen LogP contribution is -2.29. The molecule has 13 heavy (non-hydrogen) atoms. The van der Waals surface area contributed by atoms with Gasteiger partial charge in [-0.2, -0.15) is 0 Å². The standard InChI is InChI=1S/C10H11N2O/c1-12(8-5-6-8)10(13)9-4-2-3-7-11-9/h2-3,7-8H,5-6H2,1H3. The van der Waals surface area contributed by atoms with E-state index in [1.807, 2.05) is 7.05 Å². The van der Waals surface area contributed by atoms with Gasteiger partial charge < -0.3 is 4.90 Å². The van der Waals surface area contributed by atoms with Crippen molar-refractivity contribution in [2.75, 3.05) is 7.05 Å². The zero-order valence-corrected chi connectivity index (χ0v) is 7.53. The van der Waals surface area contributed by atoms with E-state index in [-0.39, 0.29) is 5.91 Å². The van der Waals surface area contributed by atoms with Gasteiger partial charge in [-0.1, -0.05) is 6.07 Å². The second-order valence-corrected chi connectivity index (χ2v) is 3.28. The summed E-state index contributed by atoms with van der Waals surface area (Å²) in [5.41, 5.74) is 0.414. The van der Waals surface area contributed by atoms with Crippen LogP contribution in [0.5, 0.6) is 0 Å². The Labute approximate surface area is 77.4 Å². The molecular weight excluding hydrogens is 164 g/mol. The summed E-state index contributed by atoms with van der Waals surface area (Å²) in [4.78, 5) is 17.4. The van der Waals surface area contributed by atoms with Crippen LogP contribution in [0.4, 0.5) is 0 Å². The molecule has 1 aliphatic carbocycles. The predicted octanol–water partition coefficient (Wildman–Crippen LogP) is 1.12. The molecule has 1 fully saturated rings. The van der Waals surface area contributed by atoms with Crippen LogP contribution in [0.2, 0.25) is 0 Å². The molecule has 0 spiro atoms. The molecule has 1 heterocycles. The first-order valence-corrected chi connectivity index (χ1v) is 4.39. The lowest BCUT2D eigenvalue weighted by molar-refractivity contribution is 0.0779. The Balaban J connectivity index is 2.12. The molecule has 2 rings (SSSR count). The summed E-state index contributed by atoms with van der Waals surface area (Å²) in [7, 11) is 1.82. The van der Waals surface area contributed by atoms with Crippen molar-refractivity contribution < 1.29 is 4.79 Å². The molecule has 0 unspecified atom stereocenters. The van der Waals surface area contributed by atoms with Gasteiger partial charge in [0.15, 0.2) is 0 Å². The van der Waals surface area contributed by atoms with Crippen LogP contribution in [-0.2, 0) is 0 Å². The Morgan fingerprint density at radius 2 is 2.46 bits per heavy atom. The quantitative estimate of drug-likeness (QED) is 0.674. The van der Waals surface area contributed by atoms with Crippen LogP contribution >= 0.6 is 0 Å². The van der Waals surface area contributed by atoms with Gasteiger partial charge in [-0.05, 0) is 18.9 Å². The fourth-order valence-corrected chi connectivity index (χ4v) is 1.24. The first-order valence-electron chi connectivity index (χ1n) is 4.39. The van der Waals surface area contributed by atoms with Gasteiger partial charge in [0.25, 0.3) is 5.91 Å². The number of hydrogen-bond donors (Lipinski definition) is 0. The van der Waals surface area contributed by atoms with E-state index < -0.39 is 0 Å². The summed E-state index contributed by atoms with van der Waals surface area (Å²) in [6.45, 7) is 0. The fraction of sp³-hybridized carbons (Fsp3) is 0.400. The second-order valence-electron chi connectivity index (χ2n) is 3.28. The van der Waals surface area contributed by atoms with Crippen LogP contribution in [0.25, 0.3) is 0 Å². The van der Waals surface area contributed by atoms with Crippen LogP contribution in [0.15, 0.2) is 18.3 Å². The molecule has 1 amide bonds. The zero-order valence-electron chi connectivity index (χ0n) is 7.53. The number of pyridine rings is 1. The number of carbonyl (C=O) groups excluding carboxylic acids is 1. The van der Waals surface area contributed by atoms with Gasteiger partial charge in [0.2, 0.25) is 0 Å². The summed E-state index contributed by atoms with van der Waals surface area (Å²) in [5.74, 6) is -0.0249. The summed E-state index contributed by atoms with van der Waals surface area (Å²) in [6, 6.07) is 6.73. The van der Waals surface area contributed by atoms with Crippen molar-refractivity contribution >= 4 is 5.91 Å². The van der Waals surface area contributed by atoms with Gasteiger partial charge >= 0.3 is 0 Å². The smallest absolute Gasteiger partial charge is 0.273 e. The summed E-state index contributed by atoms with van der Waals surface area (Å²) in [5, 5.41) is 0. The first-order chi connectivity index (χ1) is 6.29. The van der Waals surface area contributed by atoms with Crippen molar-refractivity contribution in [1.82, 2.24) is 9.88 Å². The third-order valence-electron chi connectivity index (χ3n) is 2.22. The molecule has 0 N–H and O–H groups in total. The molecule has 1 saturated carbocycles. The molecule has 3 heteroatoms. The highest BCUT2D eigenvalue weighted by Crippen LogP contribution is 2.26. The van der Waals surface area contributed by atoms with Crippen molar-refractivity contribution in [2.45, 2.75) is 18.9 Å². The van der Waals surface area contributed by atoms with Crippen molar-refractivity contribution in [3.05, 3.63) is 30.1 Å². The van der Waals surface area contributed by atoms with Crippen molar-refractivity contribution in [3.63, 3.8) is 0 Å². The molecule has 0 atom stereocenters. The number of rotatable bonds is 2. The molecule has 0 aliphatic heterocycles. The van der Waals surface area contributed by atoms with E-state index in [0.717, 1.165) is 12.8 Å². The molecule has 0 saturated heterocycles. The Morgan fingerprint density at radius 1 is 1.69 bits per heavy atom. The monoisotopic (exact) mass is 175 g/mol.